The molecule has 0 saturated heterocycles. The number of alkyl halides is 3. The van der Waals surface area contributed by atoms with Gasteiger partial charge >= 0.3 is 6.18 Å². The Balaban J connectivity index is 1.67. The quantitative estimate of drug-likeness (QED) is 0.612. The molecule has 0 aliphatic heterocycles. The van der Waals surface area contributed by atoms with Gasteiger partial charge in [0.15, 0.2) is 5.82 Å². The van der Waals surface area contributed by atoms with Gasteiger partial charge in [-0.2, -0.15) is 13.2 Å². The Labute approximate surface area is 176 Å². The molecule has 162 valence electrons. The Kier molecular flexibility index (Phi) is 6.68. The van der Waals surface area contributed by atoms with Crippen LogP contribution in [0.4, 0.5) is 13.2 Å². The van der Waals surface area contributed by atoms with Crippen LogP contribution >= 0.6 is 0 Å². The highest BCUT2D eigenvalue weighted by atomic mass is 19.4. The van der Waals surface area contributed by atoms with Crippen LogP contribution in [0.15, 0.2) is 55.0 Å². The van der Waals surface area contributed by atoms with E-state index in [1.165, 1.54) is 7.11 Å². The molecule has 3 aromatic rings. The molecule has 0 saturated carbocycles. The molecular formula is C21H19F3N4O3. The number of carbonyl (C=O) groups is 1. The molecule has 0 bridgehead atoms. The smallest absolute Gasteiger partial charge is 0.417 e. The number of carbonyl (C=O) groups excluding carboxylic acids is 1. The summed E-state index contributed by atoms with van der Waals surface area (Å²) in [6.45, 7) is 1.71. The van der Waals surface area contributed by atoms with Gasteiger partial charge in [0.25, 0.3) is 5.91 Å². The van der Waals surface area contributed by atoms with Crippen LogP contribution in [0.2, 0.25) is 0 Å². The minimum absolute atomic E-state index is 0.0113. The highest BCUT2D eigenvalue weighted by Crippen LogP contribution is 2.29. The number of methoxy groups -OCH3 is 1. The van der Waals surface area contributed by atoms with Crippen molar-refractivity contribution in [2.24, 2.45) is 0 Å². The molecule has 0 unspecified atom stereocenters. The van der Waals surface area contributed by atoms with Crippen molar-refractivity contribution in [3.05, 3.63) is 66.1 Å². The van der Waals surface area contributed by atoms with Crippen molar-refractivity contribution < 1.29 is 27.4 Å². The van der Waals surface area contributed by atoms with Crippen LogP contribution in [0.25, 0.3) is 11.4 Å². The summed E-state index contributed by atoms with van der Waals surface area (Å²) in [4.78, 5) is 24.8. The van der Waals surface area contributed by atoms with E-state index in [0.29, 0.717) is 28.9 Å². The first-order valence-electron chi connectivity index (χ1n) is 9.20. The van der Waals surface area contributed by atoms with Crippen molar-refractivity contribution in [2.75, 3.05) is 13.7 Å². The minimum Gasteiger partial charge on any atom is -0.497 e. The molecule has 0 radical (unpaired) electrons. The average molecular weight is 432 g/mol. The van der Waals surface area contributed by atoms with E-state index in [-0.39, 0.29) is 18.4 Å². The maximum Gasteiger partial charge on any atom is 0.417 e. The van der Waals surface area contributed by atoms with Gasteiger partial charge in [-0.25, -0.2) is 15.0 Å². The number of hydrogen-bond acceptors (Lipinski definition) is 6. The van der Waals surface area contributed by atoms with Crippen molar-refractivity contribution in [1.82, 2.24) is 20.3 Å². The third kappa shape index (κ3) is 5.68. The minimum atomic E-state index is -4.47. The van der Waals surface area contributed by atoms with Crippen molar-refractivity contribution in [3.8, 4) is 23.0 Å². The monoisotopic (exact) mass is 432 g/mol. The van der Waals surface area contributed by atoms with Gasteiger partial charge in [0.2, 0.25) is 5.88 Å². The van der Waals surface area contributed by atoms with E-state index in [1.54, 1.807) is 43.6 Å². The fourth-order valence-corrected chi connectivity index (χ4v) is 2.66. The predicted molar refractivity (Wildman–Crippen MR) is 106 cm³/mol. The van der Waals surface area contributed by atoms with Gasteiger partial charge in [-0.3, -0.25) is 4.79 Å². The summed E-state index contributed by atoms with van der Waals surface area (Å²) in [6, 6.07) is 8.14. The molecule has 10 heteroatoms. The summed E-state index contributed by atoms with van der Waals surface area (Å²) < 4.78 is 48.4. The summed E-state index contributed by atoms with van der Waals surface area (Å²) in [7, 11) is 1.51. The first kappa shape index (κ1) is 22.0. The zero-order chi connectivity index (χ0) is 22.4. The summed E-state index contributed by atoms with van der Waals surface area (Å²) in [5, 5.41) is 2.78. The van der Waals surface area contributed by atoms with E-state index in [0.717, 1.165) is 12.1 Å². The molecule has 0 fully saturated rings. The predicted octanol–water partition coefficient (Wildman–Crippen LogP) is 3.76. The van der Waals surface area contributed by atoms with Crippen molar-refractivity contribution in [2.45, 2.75) is 19.1 Å². The Hall–Kier alpha value is -3.69. The van der Waals surface area contributed by atoms with Crippen LogP contribution < -0.4 is 14.8 Å². The van der Waals surface area contributed by atoms with Crippen LogP contribution in [0.5, 0.6) is 11.6 Å². The molecule has 7 nitrogen and oxygen atoms in total. The van der Waals surface area contributed by atoms with Gasteiger partial charge in [-0.05, 0) is 37.3 Å². The van der Waals surface area contributed by atoms with Crippen LogP contribution in [0.1, 0.15) is 22.8 Å². The Morgan fingerprint density at radius 2 is 1.87 bits per heavy atom. The maximum absolute atomic E-state index is 12.8. The number of nitrogens with zero attached hydrogens (tertiary/aromatic N) is 3. The number of halogens is 3. The molecular weight excluding hydrogens is 413 g/mol. The van der Waals surface area contributed by atoms with Gasteiger partial charge in [-0.1, -0.05) is 0 Å². The van der Waals surface area contributed by atoms with Crippen molar-refractivity contribution in [1.29, 1.82) is 0 Å². The number of pyridine rings is 1. The van der Waals surface area contributed by atoms with E-state index in [4.69, 9.17) is 9.47 Å². The number of ether oxygens (including phenoxy) is 2. The molecule has 2 heterocycles. The molecule has 1 amide bonds. The topological polar surface area (TPSA) is 86.2 Å². The van der Waals surface area contributed by atoms with E-state index >= 15 is 0 Å². The van der Waals surface area contributed by atoms with Gasteiger partial charge < -0.3 is 14.8 Å². The van der Waals surface area contributed by atoms with Crippen molar-refractivity contribution >= 4 is 5.91 Å². The normalized spacial score (nSPS) is 12.2. The standard InChI is InChI=1S/C21H19F3N4O3/c1-13(12-31-18-7-4-14(11-27-18)21(22,23)24)28-20(29)16-6-5-15(30-2)10-17(16)19-25-8-3-9-26-19/h3-11,13H,12H2,1-2H3,(H,28,29)/t13-/m0/s1. The van der Waals surface area contributed by atoms with Crippen LogP contribution in [-0.4, -0.2) is 40.6 Å². The van der Waals surface area contributed by atoms with Crippen LogP contribution in [0.3, 0.4) is 0 Å². The molecule has 2 aromatic heterocycles. The number of benzene rings is 1. The van der Waals surface area contributed by atoms with Crippen LogP contribution in [0, 0.1) is 0 Å². The molecule has 0 aliphatic carbocycles. The Morgan fingerprint density at radius 1 is 1.13 bits per heavy atom. The number of aromatic nitrogens is 3. The summed E-state index contributed by atoms with van der Waals surface area (Å²) in [6.07, 6.45) is -0.637. The first-order valence-corrected chi connectivity index (χ1v) is 9.20. The third-order valence-corrected chi connectivity index (χ3v) is 4.20. The zero-order valence-corrected chi connectivity index (χ0v) is 16.7. The van der Waals surface area contributed by atoms with Gasteiger partial charge in [0, 0.05) is 30.2 Å². The summed E-state index contributed by atoms with van der Waals surface area (Å²) in [5.41, 5.74) is -0.0298. The summed E-state index contributed by atoms with van der Waals surface area (Å²) >= 11 is 0. The molecule has 3 rings (SSSR count). The number of hydrogen-bond donors (Lipinski definition) is 1. The lowest BCUT2D eigenvalue weighted by atomic mass is 10.0. The fraction of sp³-hybridized carbons (Fsp3) is 0.238. The fourth-order valence-electron chi connectivity index (χ4n) is 2.66. The second-order valence-corrected chi connectivity index (χ2v) is 6.55. The highest BCUT2D eigenvalue weighted by Gasteiger charge is 2.30. The van der Waals surface area contributed by atoms with Crippen LogP contribution in [-0.2, 0) is 6.18 Å². The average Bonchev–Trinajstić information content (AvgIpc) is 2.77. The molecule has 31 heavy (non-hydrogen) atoms. The second kappa shape index (κ2) is 9.41. The zero-order valence-electron chi connectivity index (χ0n) is 16.7. The molecule has 1 aromatic carbocycles. The van der Waals surface area contributed by atoms with E-state index in [1.807, 2.05) is 0 Å². The van der Waals surface area contributed by atoms with Gasteiger partial charge in [0.1, 0.15) is 12.4 Å². The third-order valence-electron chi connectivity index (χ3n) is 4.20. The van der Waals surface area contributed by atoms with E-state index in [9.17, 15) is 18.0 Å². The SMILES string of the molecule is COc1ccc(C(=O)N[C@@H](C)COc2ccc(C(F)(F)F)cn2)c(-c2ncccn2)c1. The molecule has 1 N–H and O–H groups in total. The second-order valence-electron chi connectivity index (χ2n) is 6.55. The molecule has 0 spiro atoms. The number of rotatable bonds is 7. The Bertz CT molecular complexity index is 1030. The van der Waals surface area contributed by atoms with Gasteiger partial charge in [-0.15, -0.1) is 0 Å². The highest BCUT2D eigenvalue weighted by molar-refractivity contribution is 6.00. The molecule has 0 aliphatic rings. The summed E-state index contributed by atoms with van der Waals surface area (Å²) in [5.74, 6) is 0.548. The Morgan fingerprint density at radius 3 is 2.48 bits per heavy atom. The lowest BCUT2D eigenvalue weighted by Crippen LogP contribution is -2.37. The van der Waals surface area contributed by atoms with Gasteiger partial charge in [0.05, 0.1) is 24.3 Å². The van der Waals surface area contributed by atoms with Crippen molar-refractivity contribution in [3.63, 3.8) is 0 Å². The lowest BCUT2D eigenvalue weighted by molar-refractivity contribution is -0.137. The first-order chi connectivity index (χ1) is 14.8. The molecule has 1 atom stereocenters. The maximum atomic E-state index is 12.8. The number of amides is 1. The van der Waals surface area contributed by atoms with E-state index < -0.39 is 17.8 Å². The number of nitrogens with one attached hydrogen (secondary N) is 1. The lowest BCUT2D eigenvalue weighted by Gasteiger charge is -2.16. The van der Waals surface area contributed by atoms with E-state index in [2.05, 4.69) is 20.3 Å². The largest absolute Gasteiger partial charge is 0.497 e.